The third-order valence-corrected chi connectivity index (χ3v) is 3.91. The number of hydrogen-bond donors (Lipinski definition) is 1. The molecule has 0 fully saturated rings. The van der Waals surface area contributed by atoms with Crippen molar-refractivity contribution in [2.45, 2.75) is 20.4 Å². The van der Waals surface area contributed by atoms with Gasteiger partial charge in [0.2, 0.25) is 5.78 Å². The van der Waals surface area contributed by atoms with Gasteiger partial charge in [0.15, 0.2) is 6.61 Å². The summed E-state index contributed by atoms with van der Waals surface area (Å²) in [5.74, 6) is -1.80. The van der Waals surface area contributed by atoms with E-state index in [0.717, 1.165) is 9.13 Å². The highest BCUT2D eigenvalue weighted by molar-refractivity contribution is 6.29. The first-order valence-corrected chi connectivity index (χ1v) is 8.42. The molecule has 0 spiro atoms. The number of nitrogen functional groups attached to an aromatic ring is 1. The fraction of sp³-hybridized carbons (Fsp3) is 0.353. The number of pyridine rings is 1. The third-order valence-electron chi connectivity index (χ3n) is 3.71. The summed E-state index contributed by atoms with van der Waals surface area (Å²) < 4.78 is 6.89. The van der Waals surface area contributed by atoms with Gasteiger partial charge in [-0.15, -0.1) is 0 Å². The molecule has 0 amide bonds. The lowest BCUT2D eigenvalue weighted by molar-refractivity contribution is 0.0474. The second kappa shape index (κ2) is 8.17. The molecule has 144 valence electrons. The molecule has 10 heteroatoms. The van der Waals surface area contributed by atoms with Crippen LogP contribution >= 0.6 is 11.6 Å². The van der Waals surface area contributed by atoms with Gasteiger partial charge in [0.25, 0.3) is 5.56 Å². The first kappa shape index (κ1) is 20.4. The molecule has 0 aliphatic heterocycles. The van der Waals surface area contributed by atoms with E-state index in [-0.39, 0.29) is 29.0 Å². The average molecular weight is 395 g/mol. The molecule has 0 aromatic carbocycles. The molecule has 27 heavy (non-hydrogen) atoms. The van der Waals surface area contributed by atoms with Gasteiger partial charge in [-0.25, -0.2) is 14.6 Å². The molecule has 0 unspecified atom stereocenters. The number of nitrogens with zero attached hydrogens (tertiary/aromatic N) is 3. The van der Waals surface area contributed by atoms with Crippen LogP contribution in [0.1, 0.15) is 34.6 Å². The lowest BCUT2D eigenvalue weighted by Gasteiger charge is -2.16. The van der Waals surface area contributed by atoms with Crippen molar-refractivity contribution in [3.05, 3.63) is 55.4 Å². The van der Waals surface area contributed by atoms with Crippen LogP contribution < -0.4 is 17.0 Å². The van der Waals surface area contributed by atoms with Gasteiger partial charge in [0.1, 0.15) is 16.5 Å². The summed E-state index contributed by atoms with van der Waals surface area (Å²) in [6.45, 7) is 3.24. The molecule has 0 saturated heterocycles. The van der Waals surface area contributed by atoms with Crippen molar-refractivity contribution in [1.29, 1.82) is 0 Å². The Morgan fingerprint density at radius 3 is 2.59 bits per heavy atom. The maximum Gasteiger partial charge on any atom is 0.338 e. The van der Waals surface area contributed by atoms with Crippen LogP contribution in [0, 0.1) is 5.92 Å². The molecule has 9 nitrogen and oxygen atoms in total. The number of halogens is 1. The minimum atomic E-state index is -0.842. The Kier molecular flexibility index (Phi) is 6.17. The van der Waals surface area contributed by atoms with Gasteiger partial charge in [-0.2, -0.15) is 0 Å². The summed E-state index contributed by atoms with van der Waals surface area (Å²) >= 11 is 5.70. The SMILES string of the molecule is CC(C)Cn1c(N)c(C(=O)COC(=O)c2ccnc(Cl)c2)c(=O)n(C)c1=O. The standard InChI is InChI=1S/C17H19ClN4O5/c1-9(2)7-22-14(19)13(15(24)21(3)17(22)26)11(23)8-27-16(25)10-4-5-20-12(18)6-10/h4-6,9H,7-8,19H2,1-3H3. The Balaban J connectivity index is 2.31. The number of carbonyl (C=O) groups is 2. The number of rotatable bonds is 6. The van der Waals surface area contributed by atoms with Gasteiger partial charge < -0.3 is 10.5 Å². The van der Waals surface area contributed by atoms with Crippen molar-refractivity contribution in [2.75, 3.05) is 12.3 Å². The predicted octanol–water partition coefficient (Wildman–Crippen LogP) is 0.873. The van der Waals surface area contributed by atoms with Crippen molar-refractivity contribution >= 4 is 29.2 Å². The first-order valence-electron chi connectivity index (χ1n) is 8.04. The van der Waals surface area contributed by atoms with Crippen molar-refractivity contribution in [1.82, 2.24) is 14.1 Å². The maximum absolute atomic E-state index is 12.5. The fourth-order valence-electron chi connectivity index (χ4n) is 2.40. The quantitative estimate of drug-likeness (QED) is 0.437. The molecule has 2 N–H and O–H groups in total. The maximum atomic E-state index is 12.5. The van der Waals surface area contributed by atoms with Crippen molar-refractivity contribution in [2.24, 2.45) is 13.0 Å². The summed E-state index contributed by atoms with van der Waals surface area (Å²) in [7, 11) is 1.25. The van der Waals surface area contributed by atoms with Crippen LogP contribution in [0.5, 0.6) is 0 Å². The zero-order valence-electron chi connectivity index (χ0n) is 15.1. The zero-order valence-corrected chi connectivity index (χ0v) is 15.8. The molecular formula is C17H19ClN4O5. The van der Waals surface area contributed by atoms with E-state index in [2.05, 4.69) is 4.98 Å². The lowest BCUT2D eigenvalue weighted by Crippen LogP contribution is -2.43. The van der Waals surface area contributed by atoms with Crippen LogP contribution in [0.4, 0.5) is 5.82 Å². The Labute approximate surface area is 159 Å². The Morgan fingerprint density at radius 1 is 1.33 bits per heavy atom. The van der Waals surface area contributed by atoms with Gasteiger partial charge in [-0.1, -0.05) is 25.4 Å². The topological polar surface area (TPSA) is 126 Å². The highest BCUT2D eigenvalue weighted by Crippen LogP contribution is 2.11. The van der Waals surface area contributed by atoms with Gasteiger partial charge in [0, 0.05) is 19.8 Å². The number of carbonyl (C=O) groups excluding carboxylic acids is 2. The highest BCUT2D eigenvalue weighted by atomic mass is 35.5. The third kappa shape index (κ3) is 4.43. The van der Waals surface area contributed by atoms with Crippen LogP contribution in [-0.2, 0) is 18.3 Å². The summed E-state index contributed by atoms with van der Waals surface area (Å²) in [5.41, 5.74) is 4.16. The lowest BCUT2D eigenvalue weighted by atomic mass is 10.1. The van der Waals surface area contributed by atoms with Crippen molar-refractivity contribution in [3.63, 3.8) is 0 Å². The van der Waals surface area contributed by atoms with Crippen LogP contribution in [0.25, 0.3) is 0 Å². The van der Waals surface area contributed by atoms with Gasteiger partial charge in [-0.3, -0.25) is 18.7 Å². The van der Waals surface area contributed by atoms with Gasteiger partial charge in [-0.05, 0) is 18.1 Å². The number of anilines is 1. The molecule has 0 atom stereocenters. The molecule has 0 aliphatic carbocycles. The van der Waals surface area contributed by atoms with Crippen molar-refractivity contribution in [3.8, 4) is 0 Å². The number of hydrogen-bond acceptors (Lipinski definition) is 7. The molecule has 0 aliphatic rings. The van der Waals surface area contributed by atoms with E-state index in [0.29, 0.717) is 0 Å². The first-order chi connectivity index (χ1) is 12.6. The summed E-state index contributed by atoms with van der Waals surface area (Å²) in [6.07, 6.45) is 1.32. The zero-order chi connectivity index (χ0) is 20.3. The molecule has 2 aromatic rings. The molecule has 2 rings (SSSR count). The fourth-order valence-corrected chi connectivity index (χ4v) is 2.58. The van der Waals surface area contributed by atoms with E-state index in [9.17, 15) is 19.2 Å². The smallest absolute Gasteiger partial charge is 0.338 e. The van der Waals surface area contributed by atoms with Crippen molar-refractivity contribution < 1.29 is 14.3 Å². The summed E-state index contributed by atoms with van der Waals surface area (Å²) in [6, 6.07) is 2.65. The minimum Gasteiger partial charge on any atom is -0.454 e. The van der Waals surface area contributed by atoms with E-state index in [1.165, 1.54) is 25.4 Å². The monoisotopic (exact) mass is 394 g/mol. The highest BCUT2D eigenvalue weighted by Gasteiger charge is 2.23. The largest absolute Gasteiger partial charge is 0.454 e. The number of esters is 1. The normalized spacial score (nSPS) is 10.9. The second-order valence-corrected chi connectivity index (χ2v) is 6.67. The second-order valence-electron chi connectivity index (χ2n) is 6.28. The summed E-state index contributed by atoms with van der Waals surface area (Å²) in [5, 5.41) is 0.0923. The molecule has 2 aromatic heterocycles. The number of ether oxygens (including phenoxy) is 1. The molecule has 0 saturated carbocycles. The molecule has 0 bridgehead atoms. The minimum absolute atomic E-state index is 0.0553. The van der Waals surface area contributed by atoms with Crippen LogP contribution in [-0.4, -0.2) is 32.5 Å². The van der Waals surface area contributed by atoms with Crippen LogP contribution in [0.2, 0.25) is 5.15 Å². The molecule has 2 heterocycles. The number of Topliss-reactive ketones (excluding diaryl/α,β-unsaturated/α-hetero) is 1. The van der Waals surface area contributed by atoms with Gasteiger partial charge in [0.05, 0.1) is 5.56 Å². The molecular weight excluding hydrogens is 376 g/mol. The van der Waals surface area contributed by atoms with E-state index in [1.54, 1.807) is 0 Å². The Morgan fingerprint density at radius 2 is 2.00 bits per heavy atom. The van der Waals surface area contributed by atoms with E-state index in [4.69, 9.17) is 22.1 Å². The van der Waals surface area contributed by atoms with E-state index < -0.39 is 35.2 Å². The molecule has 0 radical (unpaired) electrons. The Hall–Kier alpha value is -2.94. The Bertz CT molecular complexity index is 1010. The van der Waals surface area contributed by atoms with Crippen LogP contribution in [0.3, 0.4) is 0 Å². The number of ketones is 1. The predicted molar refractivity (Wildman–Crippen MR) is 99.1 cm³/mol. The van der Waals surface area contributed by atoms with Crippen LogP contribution in [0.15, 0.2) is 27.9 Å². The van der Waals surface area contributed by atoms with E-state index >= 15 is 0 Å². The summed E-state index contributed by atoms with van der Waals surface area (Å²) in [4.78, 5) is 52.8. The average Bonchev–Trinajstić information content (AvgIpc) is 2.61. The van der Waals surface area contributed by atoms with E-state index in [1.807, 2.05) is 13.8 Å². The number of aromatic nitrogens is 3. The van der Waals surface area contributed by atoms with Gasteiger partial charge >= 0.3 is 11.7 Å². The number of nitrogens with two attached hydrogens (primary N) is 1.